The molecule has 0 aliphatic heterocycles. The number of rotatable bonds is 10. The van der Waals surface area contributed by atoms with Crippen molar-refractivity contribution in [3.8, 4) is 0 Å². The highest BCUT2D eigenvalue weighted by Crippen LogP contribution is 2.48. The van der Waals surface area contributed by atoms with Crippen LogP contribution in [0.2, 0.25) is 0 Å². The fraction of sp³-hybridized carbons (Fsp3) is 1.00. The molecule has 1 N–H and O–H groups in total. The predicted molar refractivity (Wildman–Crippen MR) is 62.1 cm³/mol. The Morgan fingerprint density at radius 1 is 1.27 bits per heavy atom. The highest BCUT2D eigenvalue weighted by atomic mass is 16.5. The van der Waals surface area contributed by atoms with Crippen LogP contribution in [0.5, 0.6) is 0 Å². The number of nitrogens with one attached hydrogen (secondary N) is 1. The van der Waals surface area contributed by atoms with Gasteiger partial charge in [-0.3, -0.25) is 0 Å². The molecule has 1 rings (SSSR count). The van der Waals surface area contributed by atoms with Crippen molar-refractivity contribution in [3.63, 3.8) is 0 Å². The number of hydrogen-bond acceptors (Lipinski definition) is 3. The molecule has 0 unspecified atom stereocenters. The largest absolute Gasteiger partial charge is 0.385 e. The number of methoxy groups -OCH3 is 1. The van der Waals surface area contributed by atoms with Crippen LogP contribution in [-0.2, 0) is 9.47 Å². The lowest BCUT2D eigenvalue weighted by molar-refractivity contribution is 0.143. The van der Waals surface area contributed by atoms with Gasteiger partial charge in [0.1, 0.15) is 0 Å². The molecule has 0 radical (unpaired) electrons. The van der Waals surface area contributed by atoms with E-state index in [0.29, 0.717) is 5.41 Å². The minimum absolute atomic E-state index is 0.571. The summed E-state index contributed by atoms with van der Waals surface area (Å²) in [6, 6.07) is 0. The van der Waals surface area contributed by atoms with E-state index in [0.717, 1.165) is 39.3 Å². The van der Waals surface area contributed by atoms with Gasteiger partial charge in [-0.25, -0.2) is 0 Å². The lowest BCUT2D eigenvalue weighted by atomic mass is 10.0. The first kappa shape index (κ1) is 12.9. The molecule has 90 valence electrons. The second kappa shape index (κ2) is 7.20. The molecule has 0 aromatic carbocycles. The molecule has 0 amide bonds. The molecule has 1 fully saturated rings. The van der Waals surface area contributed by atoms with E-state index in [-0.39, 0.29) is 0 Å². The van der Waals surface area contributed by atoms with Gasteiger partial charge in [-0.05, 0) is 44.6 Å². The molecule has 3 heteroatoms. The maximum absolute atomic E-state index is 5.29. The van der Waals surface area contributed by atoms with Crippen LogP contribution in [0.25, 0.3) is 0 Å². The summed E-state index contributed by atoms with van der Waals surface area (Å²) in [7, 11) is 1.78. The Hall–Kier alpha value is -0.120. The average Bonchev–Trinajstić information content (AvgIpc) is 3.01. The minimum atomic E-state index is 0.571. The Bertz CT molecular complexity index is 158. The smallest absolute Gasteiger partial charge is 0.0477 e. The molecular weight excluding hydrogens is 190 g/mol. The first-order valence-corrected chi connectivity index (χ1v) is 6.10. The van der Waals surface area contributed by atoms with Crippen LogP contribution in [0.1, 0.15) is 32.6 Å². The molecule has 0 atom stereocenters. The molecule has 1 aliphatic rings. The third-order valence-electron chi connectivity index (χ3n) is 3.14. The Morgan fingerprint density at radius 2 is 2.07 bits per heavy atom. The maximum Gasteiger partial charge on any atom is 0.0477 e. The van der Waals surface area contributed by atoms with E-state index in [2.05, 4.69) is 5.32 Å². The van der Waals surface area contributed by atoms with Crippen molar-refractivity contribution in [1.82, 2.24) is 5.32 Å². The first-order valence-electron chi connectivity index (χ1n) is 6.10. The molecule has 1 aliphatic carbocycles. The zero-order chi connectivity index (χ0) is 11.0. The number of hydrogen-bond donors (Lipinski definition) is 1. The quantitative estimate of drug-likeness (QED) is 0.564. The zero-order valence-electron chi connectivity index (χ0n) is 10.2. The molecule has 0 heterocycles. The molecule has 15 heavy (non-hydrogen) atoms. The SMILES string of the molecule is CCOCCCNCC1(CCOC)CC1. The Morgan fingerprint density at radius 3 is 2.67 bits per heavy atom. The number of ether oxygens (including phenoxy) is 2. The summed E-state index contributed by atoms with van der Waals surface area (Å²) in [5, 5.41) is 3.52. The van der Waals surface area contributed by atoms with Crippen LogP contribution < -0.4 is 5.32 Å². The Balaban J connectivity index is 1.90. The van der Waals surface area contributed by atoms with Gasteiger partial charge in [0.15, 0.2) is 0 Å². The van der Waals surface area contributed by atoms with Crippen molar-refractivity contribution in [3.05, 3.63) is 0 Å². The van der Waals surface area contributed by atoms with Crippen LogP contribution in [0.15, 0.2) is 0 Å². The van der Waals surface area contributed by atoms with Gasteiger partial charge in [0.25, 0.3) is 0 Å². The minimum Gasteiger partial charge on any atom is -0.385 e. The van der Waals surface area contributed by atoms with Crippen molar-refractivity contribution in [2.24, 2.45) is 5.41 Å². The topological polar surface area (TPSA) is 30.5 Å². The summed E-state index contributed by atoms with van der Waals surface area (Å²) in [5.74, 6) is 0. The van der Waals surface area contributed by atoms with Crippen LogP contribution in [0.4, 0.5) is 0 Å². The van der Waals surface area contributed by atoms with Crippen molar-refractivity contribution in [2.75, 3.05) is 40.0 Å². The Labute approximate surface area is 93.5 Å². The summed E-state index contributed by atoms with van der Waals surface area (Å²) in [6.07, 6.45) is 5.07. The zero-order valence-corrected chi connectivity index (χ0v) is 10.2. The third-order valence-corrected chi connectivity index (χ3v) is 3.14. The highest BCUT2D eigenvalue weighted by molar-refractivity contribution is 4.94. The summed E-state index contributed by atoms with van der Waals surface area (Å²) in [6.45, 7) is 6.89. The van der Waals surface area contributed by atoms with E-state index < -0.39 is 0 Å². The summed E-state index contributed by atoms with van der Waals surface area (Å²) in [4.78, 5) is 0. The first-order chi connectivity index (χ1) is 7.33. The fourth-order valence-corrected chi connectivity index (χ4v) is 1.81. The van der Waals surface area contributed by atoms with E-state index in [9.17, 15) is 0 Å². The van der Waals surface area contributed by atoms with Crippen molar-refractivity contribution in [2.45, 2.75) is 32.6 Å². The van der Waals surface area contributed by atoms with Gasteiger partial charge in [0.2, 0.25) is 0 Å². The molecule has 0 bridgehead atoms. The summed E-state index contributed by atoms with van der Waals surface area (Å²) < 4.78 is 10.4. The van der Waals surface area contributed by atoms with E-state index in [4.69, 9.17) is 9.47 Å². The van der Waals surface area contributed by atoms with Crippen LogP contribution in [-0.4, -0.2) is 40.0 Å². The van der Waals surface area contributed by atoms with Gasteiger partial charge in [0.05, 0.1) is 0 Å². The molecule has 0 aromatic rings. The van der Waals surface area contributed by atoms with Crippen LogP contribution in [0.3, 0.4) is 0 Å². The lowest BCUT2D eigenvalue weighted by Crippen LogP contribution is -2.26. The van der Waals surface area contributed by atoms with E-state index >= 15 is 0 Å². The average molecular weight is 215 g/mol. The van der Waals surface area contributed by atoms with Crippen LogP contribution in [0, 0.1) is 5.41 Å². The molecular formula is C12H25NO2. The van der Waals surface area contributed by atoms with Gasteiger partial charge in [-0.15, -0.1) is 0 Å². The van der Waals surface area contributed by atoms with Gasteiger partial charge in [0, 0.05) is 33.5 Å². The summed E-state index contributed by atoms with van der Waals surface area (Å²) >= 11 is 0. The molecule has 3 nitrogen and oxygen atoms in total. The molecule has 0 spiro atoms. The molecule has 0 saturated heterocycles. The normalized spacial score (nSPS) is 18.0. The van der Waals surface area contributed by atoms with Gasteiger partial charge >= 0.3 is 0 Å². The van der Waals surface area contributed by atoms with E-state index in [1.54, 1.807) is 7.11 Å². The summed E-state index contributed by atoms with van der Waals surface area (Å²) in [5.41, 5.74) is 0.571. The predicted octanol–water partition coefficient (Wildman–Crippen LogP) is 1.82. The monoisotopic (exact) mass is 215 g/mol. The van der Waals surface area contributed by atoms with E-state index in [1.807, 2.05) is 6.92 Å². The van der Waals surface area contributed by atoms with E-state index in [1.165, 1.54) is 19.3 Å². The van der Waals surface area contributed by atoms with Crippen LogP contribution >= 0.6 is 0 Å². The Kier molecular flexibility index (Phi) is 6.22. The van der Waals surface area contributed by atoms with Gasteiger partial charge in [-0.2, -0.15) is 0 Å². The fourth-order valence-electron chi connectivity index (χ4n) is 1.81. The second-order valence-electron chi connectivity index (χ2n) is 4.47. The maximum atomic E-state index is 5.29. The van der Waals surface area contributed by atoms with Crippen molar-refractivity contribution < 1.29 is 9.47 Å². The highest BCUT2D eigenvalue weighted by Gasteiger charge is 2.41. The van der Waals surface area contributed by atoms with Crippen molar-refractivity contribution in [1.29, 1.82) is 0 Å². The lowest BCUT2D eigenvalue weighted by Gasteiger charge is -2.15. The second-order valence-corrected chi connectivity index (χ2v) is 4.47. The van der Waals surface area contributed by atoms with Gasteiger partial charge in [-0.1, -0.05) is 0 Å². The standard InChI is InChI=1S/C12H25NO2/c1-3-15-9-4-8-13-11-12(5-6-12)7-10-14-2/h13H,3-11H2,1-2H3. The van der Waals surface area contributed by atoms with Crippen molar-refractivity contribution >= 4 is 0 Å². The molecule has 0 aromatic heterocycles. The third kappa shape index (κ3) is 5.50. The molecule has 1 saturated carbocycles. The van der Waals surface area contributed by atoms with Gasteiger partial charge < -0.3 is 14.8 Å².